The Kier molecular flexibility index (Phi) is 6.25. The van der Waals surface area contributed by atoms with Crippen LogP contribution in [0.5, 0.6) is 0 Å². The quantitative estimate of drug-likeness (QED) is 0.418. The summed E-state index contributed by atoms with van der Waals surface area (Å²) in [6.45, 7) is 1.80. The minimum absolute atomic E-state index is 0.0314. The van der Waals surface area contributed by atoms with Crippen molar-refractivity contribution in [2.75, 3.05) is 11.9 Å². The van der Waals surface area contributed by atoms with Gasteiger partial charge in [-0.15, -0.1) is 0 Å². The zero-order valence-electron chi connectivity index (χ0n) is 17.2. The second-order valence-electron chi connectivity index (χ2n) is 7.34. The molecule has 4 aromatic rings. The fourth-order valence-electron chi connectivity index (χ4n) is 3.20. The van der Waals surface area contributed by atoms with Crippen LogP contribution in [0.2, 0.25) is 5.02 Å². The summed E-state index contributed by atoms with van der Waals surface area (Å²) in [5.41, 5.74) is 1.70. The maximum atomic E-state index is 12.8. The molecule has 0 saturated heterocycles. The van der Waals surface area contributed by atoms with E-state index in [-0.39, 0.29) is 36.6 Å². The van der Waals surface area contributed by atoms with Crippen molar-refractivity contribution in [2.45, 2.75) is 19.4 Å². The molecule has 9 heteroatoms. The van der Waals surface area contributed by atoms with Crippen LogP contribution in [0.3, 0.4) is 0 Å². The van der Waals surface area contributed by atoms with Crippen molar-refractivity contribution in [3.05, 3.63) is 83.0 Å². The first-order chi connectivity index (χ1) is 15.4. The van der Waals surface area contributed by atoms with Crippen molar-refractivity contribution in [1.29, 1.82) is 0 Å². The summed E-state index contributed by atoms with van der Waals surface area (Å²) in [6, 6.07) is 11.8. The number of aromatic nitrogens is 4. The monoisotopic (exact) mass is 449 g/mol. The molecule has 0 aliphatic carbocycles. The van der Waals surface area contributed by atoms with E-state index in [1.54, 1.807) is 53.4 Å². The predicted octanol–water partition coefficient (Wildman–Crippen LogP) is 3.45. The molecule has 3 aromatic heterocycles. The third kappa shape index (κ3) is 4.66. The van der Waals surface area contributed by atoms with Crippen molar-refractivity contribution < 1.29 is 14.7 Å². The summed E-state index contributed by atoms with van der Waals surface area (Å²) in [4.78, 5) is 37.8. The predicted molar refractivity (Wildman–Crippen MR) is 121 cm³/mol. The third-order valence-corrected chi connectivity index (χ3v) is 5.22. The van der Waals surface area contributed by atoms with E-state index in [9.17, 15) is 14.7 Å². The van der Waals surface area contributed by atoms with E-state index >= 15 is 0 Å². The van der Waals surface area contributed by atoms with Gasteiger partial charge in [0.05, 0.1) is 19.1 Å². The maximum Gasteiger partial charge on any atom is 0.231 e. The lowest BCUT2D eigenvalue weighted by atomic mass is 10.1. The van der Waals surface area contributed by atoms with Gasteiger partial charge in [0.1, 0.15) is 11.5 Å². The Bertz CT molecular complexity index is 1270. The van der Waals surface area contributed by atoms with Crippen molar-refractivity contribution >= 4 is 40.1 Å². The molecule has 0 saturated carbocycles. The molecule has 0 unspecified atom stereocenters. The first kappa shape index (κ1) is 21.6. The maximum absolute atomic E-state index is 12.8. The molecular formula is C23H20ClN5O3. The zero-order chi connectivity index (χ0) is 22.7. The number of anilines is 1. The molecule has 1 atom stereocenters. The van der Waals surface area contributed by atoms with E-state index in [0.717, 1.165) is 10.9 Å². The topological polar surface area (TPSA) is 110 Å². The van der Waals surface area contributed by atoms with Crippen LogP contribution in [0.4, 0.5) is 5.82 Å². The van der Waals surface area contributed by atoms with Crippen LogP contribution in [-0.4, -0.2) is 42.9 Å². The highest BCUT2D eigenvalue weighted by molar-refractivity contribution is 6.30. The fourth-order valence-corrected chi connectivity index (χ4v) is 3.32. The highest BCUT2D eigenvalue weighted by Gasteiger charge is 2.16. The van der Waals surface area contributed by atoms with Gasteiger partial charge in [-0.3, -0.25) is 9.59 Å². The summed E-state index contributed by atoms with van der Waals surface area (Å²) in [5.74, 6) is -0.249. The van der Waals surface area contributed by atoms with Gasteiger partial charge in [-0.2, -0.15) is 0 Å². The van der Waals surface area contributed by atoms with E-state index in [1.807, 2.05) is 13.0 Å². The number of aliphatic hydroxyl groups excluding tert-OH is 1. The van der Waals surface area contributed by atoms with Gasteiger partial charge in [0.25, 0.3) is 0 Å². The number of rotatable bonds is 7. The van der Waals surface area contributed by atoms with Crippen molar-refractivity contribution in [3.8, 4) is 0 Å². The molecule has 1 amide bonds. The molecular weight excluding hydrogens is 430 g/mol. The van der Waals surface area contributed by atoms with Gasteiger partial charge in [-0.05, 0) is 42.8 Å². The number of aliphatic hydroxyl groups is 1. The standard InChI is InChI=1S/C23H20ClN5O3/c1-14(13-30)29-9-8-17-12-26-22(28-23(17)29)21(32)16-4-7-19(25-11-16)27-20(31)10-15-2-5-18(24)6-3-15/h2-9,11-12,14,30H,10,13H2,1H3,(H,25,27,31)/t14-/m1/s1. The van der Waals surface area contributed by atoms with Crippen LogP contribution >= 0.6 is 11.6 Å². The normalized spacial score (nSPS) is 12.0. The van der Waals surface area contributed by atoms with Gasteiger partial charge >= 0.3 is 0 Å². The van der Waals surface area contributed by atoms with Crippen LogP contribution in [0.25, 0.3) is 11.0 Å². The molecule has 162 valence electrons. The Balaban J connectivity index is 1.47. The van der Waals surface area contributed by atoms with Gasteiger partial charge in [-0.1, -0.05) is 23.7 Å². The number of benzene rings is 1. The number of nitrogens with one attached hydrogen (secondary N) is 1. The number of carbonyl (C=O) groups is 2. The minimum Gasteiger partial charge on any atom is -0.394 e. The molecule has 0 fully saturated rings. The number of carbonyl (C=O) groups excluding carboxylic acids is 2. The average Bonchev–Trinajstić information content (AvgIpc) is 3.23. The Hall–Kier alpha value is -3.62. The van der Waals surface area contributed by atoms with Gasteiger partial charge < -0.3 is 15.0 Å². The number of amides is 1. The van der Waals surface area contributed by atoms with E-state index < -0.39 is 0 Å². The second-order valence-corrected chi connectivity index (χ2v) is 7.78. The third-order valence-electron chi connectivity index (χ3n) is 4.97. The summed E-state index contributed by atoms with van der Waals surface area (Å²) >= 11 is 5.86. The lowest BCUT2D eigenvalue weighted by molar-refractivity contribution is -0.115. The molecule has 32 heavy (non-hydrogen) atoms. The largest absolute Gasteiger partial charge is 0.394 e. The Morgan fingerprint density at radius 3 is 2.56 bits per heavy atom. The second kappa shape index (κ2) is 9.25. The van der Waals surface area contributed by atoms with Crippen molar-refractivity contribution in [2.24, 2.45) is 0 Å². The highest BCUT2D eigenvalue weighted by Crippen LogP contribution is 2.19. The van der Waals surface area contributed by atoms with E-state index in [0.29, 0.717) is 22.1 Å². The number of halogens is 1. The molecule has 0 spiro atoms. The molecule has 8 nitrogen and oxygen atoms in total. The smallest absolute Gasteiger partial charge is 0.231 e. The number of hydrogen-bond acceptors (Lipinski definition) is 6. The SMILES string of the molecule is C[C@H](CO)n1ccc2cnc(C(=O)c3ccc(NC(=O)Cc4ccc(Cl)cc4)nc3)nc21. The van der Waals surface area contributed by atoms with Crippen molar-refractivity contribution in [3.63, 3.8) is 0 Å². The lowest BCUT2D eigenvalue weighted by Crippen LogP contribution is -2.16. The lowest BCUT2D eigenvalue weighted by Gasteiger charge is -2.11. The van der Waals surface area contributed by atoms with E-state index in [1.165, 1.54) is 6.20 Å². The minimum atomic E-state index is -0.386. The van der Waals surface area contributed by atoms with Gasteiger partial charge in [0.15, 0.2) is 0 Å². The van der Waals surface area contributed by atoms with Crippen LogP contribution in [0, 0.1) is 0 Å². The summed E-state index contributed by atoms with van der Waals surface area (Å²) in [5, 5.41) is 13.5. The Morgan fingerprint density at radius 2 is 1.88 bits per heavy atom. The van der Waals surface area contributed by atoms with Gasteiger partial charge in [0, 0.05) is 34.6 Å². The molecule has 0 aliphatic heterocycles. The van der Waals surface area contributed by atoms with Crippen LogP contribution in [-0.2, 0) is 11.2 Å². The Labute approximate surface area is 188 Å². The number of ketones is 1. The molecule has 2 N–H and O–H groups in total. The highest BCUT2D eigenvalue weighted by atomic mass is 35.5. The average molecular weight is 450 g/mol. The van der Waals surface area contributed by atoms with E-state index in [2.05, 4.69) is 20.3 Å². The molecule has 4 rings (SSSR count). The first-order valence-corrected chi connectivity index (χ1v) is 10.3. The van der Waals surface area contributed by atoms with Crippen LogP contribution in [0.1, 0.15) is 34.7 Å². The number of nitrogens with zero attached hydrogens (tertiary/aromatic N) is 4. The number of hydrogen-bond donors (Lipinski definition) is 2. The molecule has 0 radical (unpaired) electrons. The number of pyridine rings is 1. The fraction of sp³-hybridized carbons (Fsp3) is 0.174. The first-order valence-electron chi connectivity index (χ1n) is 9.94. The summed E-state index contributed by atoms with van der Waals surface area (Å²) in [6.07, 6.45) is 4.94. The number of fused-ring (bicyclic) bond motifs is 1. The Morgan fingerprint density at radius 1 is 1.09 bits per heavy atom. The van der Waals surface area contributed by atoms with Gasteiger partial charge in [0.2, 0.25) is 17.5 Å². The van der Waals surface area contributed by atoms with Crippen LogP contribution in [0.15, 0.2) is 61.1 Å². The van der Waals surface area contributed by atoms with E-state index in [4.69, 9.17) is 11.6 Å². The molecule has 3 heterocycles. The van der Waals surface area contributed by atoms with Crippen molar-refractivity contribution in [1.82, 2.24) is 19.5 Å². The van der Waals surface area contributed by atoms with Gasteiger partial charge in [-0.25, -0.2) is 15.0 Å². The summed E-state index contributed by atoms with van der Waals surface area (Å²) < 4.78 is 1.80. The summed E-state index contributed by atoms with van der Waals surface area (Å²) in [7, 11) is 0. The molecule has 0 aliphatic rings. The molecule has 0 bridgehead atoms. The zero-order valence-corrected chi connectivity index (χ0v) is 18.0. The van der Waals surface area contributed by atoms with Crippen LogP contribution < -0.4 is 5.32 Å². The molecule has 1 aromatic carbocycles.